The molecule has 0 amide bonds. The Hall–Kier alpha value is -1.91. The Labute approximate surface area is 73.8 Å². The Morgan fingerprint density at radius 3 is 2.46 bits per heavy atom. The third kappa shape index (κ3) is 1.81. The molecule has 0 N–H and O–H groups in total. The summed E-state index contributed by atoms with van der Waals surface area (Å²) in [5.74, 6) is -1.33. The maximum atomic E-state index is 10.4. The first-order valence-electron chi connectivity index (χ1n) is 3.49. The molecule has 0 bridgehead atoms. The van der Waals surface area contributed by atoms with E-state index in [9.17, 15) is 20.0 Å². The van der Waals surface area contributed by atoms with E-state index in [4.69, 9.17) is 0 Å². The molecule has 5 heteroatoms. The van der Waals surface area contributed by atoms with Crippen molar-refractivity contribution in [2.75, 3.05) is 0 Å². The van der Waals surface area contributed by atoms with Crippen LogP contribution in [-0.2, 0) is 0 Å². The van der Waals surface area contributed by atoms with Gasteiger partial charge in [-0.1, -0.05) is 0 Å². The Bertz CT molecular complexity index is 372. The summed E-state index contributed by atoms with van der Waals surface area (Å²) in [5.41, 5.74) is 0.183. The number of hydrogen-bond acceptors (Lipinski definition) is 4. The van der Waals surface area contributed by atoms with Crippen LogP contribution < -0.4 is 5.11 Å². The molecule has 0 saturated carbocycles. The van der Waals surface area contributed by atoms with Gasteiger partial charge in [-0.25, -0.2) is 0 Å². The summed E-state index contributed by atoms with van der Waals surface area (Å²) in [6.45, 7) is 1.48. The third-order valence-corrected chi connectivity index (χ3v) is 1.64. The maximum absolute atomic E-state index is 10.4. The highest BCUT2D eigenvalue weighted by Gasteiger charge is 2.07. The van der Waals surface area contributed by atoms with E-state index < -0.39 is 10.9 Å². The number of carboxylic acid groups (broad SMARTS) is 1. The van der Waals surface area contributed by atoms with Crippen LogP contribution >= 0.6 is 0 Å². The first kappa shape index (κ1) is 9.18. The molecule has 0 aliphatic heterocycles. The lowest BCUT2D eigenvalue weighted by Crippen LogP contribution is -2.23. The van der Waals surface area contributed by atoms with Gasteiger partial charge in [0.05, 0.1) is 10.9 Å². The van der Waals surface area contributed by atoms with Crippen molar-refractivity contribution in [1.29, 1.82) is 0 Å². The number of nitrogens with zero attached hydrogens (tertiary/aromatic N) is 1. The summed E-state index contributed by atoms with van der Waals surface area (Å²) in [5, 5.41) is 20.7. The zero-order valence-corrected chi connectivity index (χ0v) is 6.81. The van der Waals surface area contributed by atoms with Crippen molar-refractivity contribution < 1.29 is 14.8 Å². The van der Waals surface area contributed by atoms with Gasteiger partial charge in [-0.05, 0) is 18.6 Å². The van der Waals surface area contributed by atoms with Crippen LogP contribution in [0.5, 0.6) is 0 Å². The van der Waals surface area contributed by atoms with Crippen molar-refractivity contribution in [3.05, 3.63) is 39.4 Å². The second kappa shape index (κ2) is 3.22. The van der Waals surface area contributed by atoms with Crippen molar-refractivity contribution in [2.24, 2.45) is 0 Å². The van der Waals surface area contributed by atoms with Gasteiger partial charge in [-0.3, -0.25) is 10.1 Å². The van der Waals surface area contributed by atoms with E-state index in [1.165, 1.54) is 19.1 Å². The third-order valence-electron chi connectivity index (χ3n) is 1.64. The van der Waals surface area contributed by atoms with Crippen LogP contribution in [-0.4, -0.2) is 10.9 Å². The average molecular weight is 180 g/mol. The summed E-state index contributed by atoms with van der Waals surface area (Å²) in [6.07, 6.45) is 0. The number of rotatable bonds is 2. The van der Waals surface area contributed by atoms with Crippen molar-refractivity contribution in [2.45, 2.75) is 6.92 Å². The Morgan fingerprint density at radius 2 is 2.08 bits per heavy atom. The fourth-order valence-electron chi connectivity index (χ4n) is 0.990. The molecule has 0 saturated heterocycles. The number of hydrogen-bond donors (Lipinski definition) is 0. The molecule has 0 heterocycles. The van der Waals surface area contributed by atoms with Gasteiger partial charge in [0.1, 0.15) is 0 Å². The van der Waals surface area contributed by atoms with Crippen molar-refractivity contribution >= 4 is 11.7 Å². The topological polar surface area (TPSA) is 83.3 Å². The van der Waals surface area contributed by atoms with Crippen LogP contribution in [0.3, 0.4) is 0 Å². The minimum Gasteiger partial charge on any atom is -0.545 e. The molecule has 0 aliphatic rings. The van der Waals surface area contributed by atoms with Crippen molar-refractivity contribution in [3.63, 3.8) is 0 Å². The summed E-state index contributed by atoms with van der Waals surface area (Å²) in [7, 11) is 0. The van der Waals surface area contributed by atoms with Gasteiger partial charge in [-0.2, -0.15) is 0 Å². The Kier molecular flexibility index (Phi) is 2.27. The first-order valence-corrected chi connectivity index (χ1v) is 3.49. The monoisotopic (exact) mass is 180 g/mol. The molecule has 13 heavy (non-hydrogen) atoms. The predicted molar refractivity (Wildman–Crippen MR) is 42.2 cm³/mol. The molecule has 0 aromatic heterocycles. The first-order chi connectivity index (χ1) is 6.02. The summed E-state index contributed by atoms with van der Waals surface area (Å²) in [6, 6.07) is 3.51. The molecule has 0 aliphatic carbocycles. The smallest absolute Gasteiger partial charge is 0.269 e. The number of nitro benzene ring substituents is 1. The Morgan fingerprint density at radius 1 is 1.46 bits per heavy atom. The number of benzene rings is 1. The van der Waals surface area contributed by atoms with Crippen LogP contribution in [0.15, 0.2) is 18.2 Å². The van der Waals surface area contributed by atoms with Gasteiger partial charge in [0.25, 0.3) is 5.69 Å². The molecule has 1 aromatic carbocycles. The number of carbonyl (C=O) groups is 1. The molecule has 68 valence electrons. The zero-order chi connectivity index (χ0) is 10.0. The number of non-ortho nitro benzene ring substituents is 1. The number of aryl methyl sites for hydroxylation is 1. The van der Waals surface area contributed by atoms with Gasteiger partial charge in [0.2, 0.25) is 0 Å². The average Bonchev–Trinajstić information content (AvgIpc) is 2.03. The summed E-state index contributed by atoms with van der Waals surface area (Å²) in [4.78, 5) is 20.1. The molecule has 5 nitrogen and oxygen atoms in total. The molecule has 1 aromatic rings. The normalized spacial score (nSPS) is 9.62. The van der Waals surface area contributed by atoms with E-state index in [0.29, 0.717) is 5.56 Å². The molecular formula is C8H6NO4-. The summed E-state index contributed by atoms with van der Waals surface area (Å²) >= 11 is 0. The van der Waals surface area contributed by atoms with Gasteiger partial charge >= 0.3 is 0 Å². The quantitative estimate of drug-likeness (QED) is 0.483. The maximum Gasteiger partial charge on any atom is 0.269 e. The predicted octanol–water partition coefficient (Wildman–Crippen LogP) is 0.267. The van der Waals surface area contributed by atoms with Crippen LogP contribution in [0.4, 0.5) is 5.69 Å². The van der Waals surface area contributed by atoms with Gasteiger partial charge in [0, 0.05) is 17.7 Å². The molecule has 0 atom stereocenters. The number of carboxylic acids is 1. The standard InChI is InChI=1S/C8H7NO4/c1-5-4-6(9(12)13)2-3-7(5)8(10)11/h2-4H,1H3,(H,10,11)/p-1. The zero-order valence-electron chi connectivity index (χ0n) is 6.81. The minimum atomic E-state index is -1.33. The Balaban J connectivity index is 3.20. The van der Waals surface area contributed by atoms with Crippen LogP contribution in [0, 0.1) is 17.0 Å². The highest BCUT2D eigenvalue weighted by molar-refractivity contribution is 5.87. The van der Waals surface area contributed by atoms with Crippen LogP contribution in [0.1, 0.15) is 15.9 Å². The van der Waals surface area contributed by atoms with E-state index in [2.05, 4.69) is 0 Å². The molecule has 0 radical (unpaired) electrons. The lowest BCUT2D eigenvalue weighted by Gasteiger charge is -2.05. The second-order valence-electron chi connectivity index (χ2n) is 2.54. The van der Waals surface area contributed by atoms with E-state index >= 15 is 0 Å². The number of nitro groups is 1. The van der Waals surface area contributed by atoms with E-state index in [0.717, 1.165) is 6.07 Å². The lowest BCUT2D eigenvalue weighted by atomic mass is 10.1. The largest absolute Gasteiger partial charge is 0.545 e. The van der Waals surface area contributed by atoms with Crippen LogP contribution in [0.25, 0.3) is 0 Å². The molecule has 0 unspecified atom stereocenters. The number of aromatic carboxylic acids is 1. The lowest BCUT2D eigenvalue weighted by molar-refractivity contribution is -0.384. The highest BCUT2D eigenvalue weighted by Crippen LogP contribution is 2.16. The van der Waals surface area contributed by atoms with Gasteiger partial charge in [-0.15, -0.1) is 0 Å². The van der Waals surface area contributed by atoms with E-state index in [1.807, 2.05) is 0 Å². The van der Waals surface area contributed by atoms with Crippen molar-refractivity contribution in [1.82, 2.24) is 0 Å². The molecular weight excluding hydrogens is 174 g/mol. The van der Waals surface area contributed by atoms with Gasteiger partial charge in [0.15, 0.2) is 0 Å². The van der Waals surface area contributed by atoms with E-state index in [1.54, 1.807) is 0 Å². The van der Waals surface area contributed by atoms with E-state index in [-0.39, 0.29) is 11.3 Å². The fraction of sp³-hybridized carbons (Fsp3) is 0.125. The molecule has 0 spiro atoms. The highest BCUT2D eigenvalue weighted by atomic mass is 16.6. The SMILES string of the molecule is Cc1cc([N+](=O)[O-])ccc1C(=O)[O-]. The van der Waals surface area contributed by atoms with Crippen molar-refractivity contribution in [3.8, 4) is 0 Å². The number of carbonyl (C=O) groups excluding carboxylic acids is 1. The minimum absolute atomic E-state index is 0.0226. The fourth-order valence-corrected chi connectivity index (χ4v) is 0.990. The molecule has 0 fully saturated rings. The van der Waals surface area contributed by atoms with Crippen LogP contribution in [0.2, 0.25) is 0 Å². The second-order valence-corrected chi connectivity index (χ2v) is 2.54. The summed E-state index contributed by atoms with van der Waals surface area (Å²) < 4.78 is 0. The van der Waals surface area contributed by atoms with Gasteiger partial charge < -0.3 is 9.90 Å². The molecule has 1 rings (SSSR count).